The van der Waals surface area contributed by atoms with E-state index in [1.165, 1.54) is 4.31 Å². The van der Waals surface area contributed by atoms with Crippen molar-refractivity contribution >= 4 is 33.0 Å². The van der Waals surface area contributed by atoms with Crippen LogP contribution in [0.1, 0.15) is 18.5 Å². The van der Waals surface area contributed by atoms with Gasteiger partial charge in [-0.05, 0) is 19.8 Å². The first-order chi connectivity index (χ1) is 8.45. The molecule has 1 aliphatic heterocycles. The average Bonchev–Trinajstić information content (AvgIpc) is 2.69. The number of hydrogen-bond donors (Lipinski definition) is 0. The van der Waals surface area contributed by atoms with E-state index in [-0.39, 0.29) is 14.8 Å². The molecular weight excluding hydrogens is 296 g/mol. The Morgan fingerprint density at radius 2 is 2.28 bits per heavy atom. The standard InChI is InChI=1S/C10H15ClN2O3S2/c1-7-9(17-10(11)12-7)18(14,15)13-5-3-4-8(6-13)16-2/h8H,3-6H2,1-2H3. The van der Waals surface area contributed by atoms with Crippen LogP contribution >= 0.6 is 22.9 Å². The van der Waals surface area contributed by atoms with Gasteiger partial charge in [-0.25, -0.2) is 13.4 Å². The number of rotatable bonds is 3. The Balaban J connectivity index is 2.28. The lowest BCUT2D eigenvalue weighted by Crippen LogP contribution is -2.42. The van der Waals surface area contributed by atoms with Crippen LogP contribution in [-0.2, 0) is 14.8 Å². The quantitative estimate of drug-likeness (QED) is 0.855. The average molecular weight is 311 g/mol. The topological polar surface area (TPSA) is 59.5 Å². The molecule has 2 rings (SSSR count). The van der Waals surface area contributed by atoms with Crippen molar-refractivity contribution in [3.05, 3.63) is 10.2 Å². The van der Waals surface area contributed by atoms with Crippen LogP contribution in [0.5, 0.6) is 0 Å². The summed E-state index contributed by atoms with van der Waals surface area (Å²) in [6.45, 7) is 2.58. The van der Waals surface area contributed by atoms with Crippen LogP contribution < -0.4 is 0 Å². The lowest BCUT2D eigenvalue weighted by Gasteiger charge is -2.30. The van der Waals surface area contributed by atoms with Crippen LogP contribution in [0.2, 0.25) is 4.47 Å². The second kappa shape index (κ2) is 5.42. The normalized spacial score (nSPS) is 22.3. The summed E-state index contributed by atoms with van der Waals surface area (Å²) in [6.07, 6.45) is 1.67. The molecule has 0 amide bonds. The van der Waals surface area contributed by atoms with E-state index in [9.17, 15) is 8.42 Å². The number of sulfonamides is 1. The number of aryl methyl sites for hydroxylation is 1. The maximum Gasteiger partial charge on any atom is 0.254 e. The van der Waals surface area contributed by atoms with Crippen LogP contribution in [-0.4, -0.2) is 44.0 Å². The summed E-state index contributed by atoms with van der Waals surface area (Å²) in [7, 11) is -1.88. The van der Waals surface area contributed by atoms with Crippen LogP contribution in [0, 0.1) is 6.92 Å². The van der Waals surface area contributed by atoms with Gasteiger partial charge in [-0.15, -0.1) is 0 Å². The fourth-order valence-electron chi connectivity index (χ4n) is 2.02. The zero-order valence-corrected chi connectivity index (χ0v) is 12.6. The van der Waals surface area contributed by atoms with Crippen molar-refractivity contribution < 1.29 is 13.2 Å². The van der Waals surface area contributed by atoms with Crippen molar-refractivity contribution in [2.24, 2.45) is 0 Å². The molecule has 1 aromatic heterocycles. The van der Waals surface area contributed by atoms with E-state index in [1.807, 2.05) is 0 Å². The Kier molecular flexibility index (Phi) is 4.28. The minimum absolute atomic E-state index is 0.0303. The lowest BCUT2D eigenvalue weighted by atomic mass is 10.1. The van der Waals surface area contributed by atoms with Crippen LogP contribution in [0.4, 0.5) is 0 Å². The molecule has 0 spiro atoms. The molecule has 102 valence electrons. The number of nitrogens with zero attached hydrogens (tertiary/aromatic N) is 2. The zero-order valence-electron chi connectivity index (χ0n) is 10.2. The molecule has 2 heterocycles. The third-order valence-corrected chi connectivity index (χ3v) is 6.69. The fraction of sp³-hybridized carbons (Fsp3) is 0.700. The predicted molar refractivity (Wildman–Crippen MR) is 70.7 cm³/mol. The maximum absolute atomic E-state index is 12.5. The first-order valence-corrected chi connectivity index (χ1v) is 8.24. The van der Waals surface area contributed by atoms with Crippen molar-refractivity contribution in [1.29, 1.82) is 0 Å². The van der Waals surface area contributed by atoms with Crippen LogP contribution in [0.25, 0.3) is 0 Å². The maximum atomic E-state index is 12.5. The fourth-order valence-corrected chi connectivity index (χ4v) is 5.41. The third kappa shape index (κ3) is 2.70. The summed E-state index contributed by atoms with van der Waals surface area (Å²) in [5.41, 5.74) is 0.463. The monoisotopic (exact) mass is 310 g/mol. The lowest BCUT2D eigenvalue weighted by molar-refractivity contribution is 0.0572. The van der Waals surface area contributed by atoms with Gasteiger partial charge in [-0.2, -0.15) is 4.31 Å². The number of hydrogen-bond acceptors (Lipinski definition) is 5. The van der Waals surface area contributed by atoms with Gasteiger partial charge < -0.3 is 4.74 Å². The van der Waals surface area contributed by atoms with Gasteiger partial charge in [0.15, 0.2) is 8.68 Å². The summed E-state index contributed by atoms with van der Waals surface area (Å²) in [5, 5.41) is 0. The first kappa shape index (κ1) is 14.2. The minimum Gasteiger partial charge on any atom is -0.380 e. The number of thiazole rings is 1. The zero-order chi connectivity index (χ0) is 13.3. The minimum atomic E-state index is -3.49. The van der Waals surface area contributed by atoms with Gasteiger partial charge in [-0.1, -0.05) is 22.9 Å². The van der Waals surface area contributed by atoms with Crippen molar-refractivity contribution in [2.75, 3.05) is 20.2 Å². The van der Waals surface area contributed by atoms with Gasteiger partial charge in [0.2, 0.25) is 0 Å². The van der Waals surface area contributed by atoms with Crippen molar-refractivity contribution in [3.8, 4) is 0 Å². The Morgan fingerprint density at radius 1 is 1.56 bits per heavy atom. The molecule has 1 atom stereocenters. The highest BCUT2D eigenvalue weighted by molar-refractivity contribution is 7.91. The summed E-state index contributed by atoms with van der Waals surface area (Å²) in [6, 6.07) is 0. The van der Waals surface area contributed by atoms with E-state index in [2.05, 4.69) is 4.98 Å². The molecular formula is C10H15ClN2O3S2. The number of piperidine rings is 1. The van der Waals surface area contributed by atoms with Crippen LogP contribution in [0.15, 0.2) is 4.21 Å². The van der Waals surface area contributed by atoms with Crippen molar-refractivity contribution in [3.63, 3.8) is 0 Å². The molecule has 18 heavy (non-hydrogen) atoms. The number of halogens is 1. The first-order valence-electron chi connectivity index (χ1n) is 5.61. The van der Waals surface area contributed by atoms with Gasteiger partial charge in [0.05, 0.1) is 11.8 Å². The molecule has 1 aromatic rings. The Hall–Kier alpha value is -0.210. The van der Waals surface area contributed by atoms with E-state index in [4.69, 9.17) is 16.3 Å². The molecule has 0 bridgehead atoms. The molecule has 0 radical (unpaired) electrons. The highest BCUT2D eigenvalue weighted by atomic mass is 35.5. The van der Waals surface area contributed by atoms with Gasteiger partial charge in [0.25, 0.3) is 10.0 Å². The number of ether oxygens (including phenoxy) is 1. The van der Waals surface area contributed by atoms with Crippen molar-refractivity contribution in [1.82, 2.24) is 9.29 Å². The molecule has 1 fully saturated rings. The molecule has 5 nitrogen and oxygen atoms in total. The molecule has 0 aromatic carbocycles. The molecule has 1 saturated heterocycles. The Bertz CT molecular complexity index is 529. The molecule has 0 aliphatic carbocycles. The Morgan fingerprint density at radius 3 is 2.83 bits per heavy atom. The summed E-state index contributed by atoms with van der Waals surface area (Å²) in [4.78, 5) is 3.96. The van der Waals surface area contributed by atoms with E-state index in [0.29, 0.717) is 18.8 Å². The van der Waals surface area contributed by atoms with Gasteiger partial charge >= 0.3 is 0 Å². The van der Waals surface area contributed by atoms with E-state index < -0.39 is 10.0 Å². The highest BCUT2D eigenvalue weighted by Crippen LogP contribution is 2.30. The van der Waals surface area contributed by atoms with Crippen LogP contribution in [0.3, 0.4) is 0 Å². The third-order valence-electron chi connectivity index (χ3n) is 2.98. The molecule has 1 unspecified atom stereocenters. The molecule has 1 aliphatic rings. The number of methoxy groups -OCH3 is 1. The van der Waals surface area contributed by atoms with E-state index >= 15 is 0 Å². The van der Waals surface area contributed by atoms with Gasteiger partial charge in [-0.3, -0.25) is 0 Å². The molecule has 0 N–H and O–H groups in total. The summed E-state index contributed by atoms with van der Waals surface area (Å²) < 4.78 is 32.1. The predicted octanol–water partition coefficient (Wildman–Crippen LogP) is 1.90. The second-order valence-corrected chi connectivity index (χ2v) is 7.92. The van der Waals surface area contributed by atoms with Gasteiger partial charge in [0, 0.05) is 20.2 Å². The second-order valence-electron chi connectivity index (χ2n) is 4.20. The smallest absolute Gasteiger partial charge is 0.254 e. The highest BCUT2D eigenvalue weighted by Gasteiger charge is 2.33. The summed E-state index contributed by atoms with van der Waals surface area (Å²) in [5.74, 6) is 0. The summed E-state index contributed by atoms with van der Waals surface area (Å²) >= 11 is 6.77. The van der Waals surface area contributed by atoms with Crippen molar-refractivity contribution in [2.45, 2.75) is 30.1 Å². The van der Waals surface area contributed by atoms with Gasteiger partial charge in [0.1, 0.15) is 0 Å². The molecule has 8 heteroatoms. The van der Waals surface area contributed by atoms with E-state index in [0.717, 1.165) is 24.2 Å². The molecule has 0 saturated carbocycles. The van der Waals surface area contributed by atoms with E-state index in [1.54, 1.807) is 14.0 Å². The SMILES string of the molecule is COC1CCCN(S(=O)(=O)c2sc(Cl)nc2C)C1. The Labute approximate surface area is 116 Å². The number of aromatic nitrogens is 1. The largest absolute Gasteiger partial charge is 0.380 e.